The lowest BCUT2D eigenvalue weighted by Crippen LogP contribution is -1.96. The van der Waals surface area contributed by atoms with Crippen LogP contribution in [0.5, 0.6) is 0 Å². The number of aryl methyl sites for hydroxylation is 1. The van der Waals surface area contributed by atoms with Gasteiger partial charge in [-0.3, -0.25) is 4.79 Å². The summed E-state index contributed by atoms with van der Waals surface area (Å²) >= 11 is 7.16. The molecular weight excluding hydrogens is 346 g/mol. The van der Waals surface area contributed by atoms with Crippen molar-refractivity contribution in [1.82, 2.24) is 4.98 Å². The van der Waals surface area contributed by atoms with Gasteiger partial charge in [0.2, 0.25) is 5.12 Å². The lowest BCUT2D eigenvalue weighted by Gasteiger charge is -1.99. The van der Waals surface area contributed by atoms with Crippen LogP contribution in [0.2, 0.25) is 5.02 Å². The summed E-state index contributed by atoms with van der Waals surface area (Å²) in [6, 6.07) is 11.1. The molecule has 2 heterocycles. The lowest BCUT2D eigenvalue weighted by atomic mass is 10.1. The van der Waals surface area contributed by atoms with E-state index in [1.165, 1.54) is 0 Å². The van der Waals surface area contributed by atoms with E-state index in [4.69, 9.17) is 20.4 Å². The monoisotopic (exact) mass is 357 g/mol. The fraction of sp³-hybridized carbons (Fsp3) is 0.111. The van der Waals surface area contributed by atoms with Crippen molar-refractivity contribution in [3.8, 4) is 0 Å². The SMILES string of the molecule is Cc1cc2occ(CC(=O)Sc3nc4ccccc4o3)c2cc1Cl. The number of oxazole rings is 1. The zero-order valence-corrected chi connectivity index (χ0v) is 14.3. The van der Waals surface area contributed by atoms with Crippen LogP contribution in [0.3, 0.4) is 0 Å². The molecular formula is C18H12ClNO3S. The third-order valence-corrected chi connectivity index (χ3v) is 4.87. The van der Waals surface area contributed by atoms with Crippen LogP contribution in [0.15, 0.2) is 56.7 Å². The molecule has 0 saturated heterocycles. The third kappa shape index (κ3) is 2.81. The van der Waals surface area contributed by atoms with Crippen molar-refractivity contribution in [1.29, 1.82) is 0 Å². The van der Waals surface area contributed by atoms with E-state index in [9.17, 15) is 4.79 Å². The second-order valence-electron chi connectivity index (χ2n) is 5.46. The molecule has 0 bridgehead atoms. The quantitative estimate of drug-likeness (QED) is 0.459. The summed E-state index contributed by atoms with van der Waals surface area (Å²) in [5.41, 5.74) is 3.89. The van der Waals surface area contributed by atoms with Gasteiger partial charge in [0.25, 0.3) is 5.22 Å². The molecule has 0 amide bonds. The maximum absolute atomic E-state index is 12.3. The highest BCUT2D eigenvalue weighted by atomic mass is 35.5. The smallest absolute Gasteiger partial charge is 0.264 e. The molecule has 0 saturated carbocycles. The Morgan fingerprint density at radius 3 is 2.92 bits per heavy atom. The van der Waals surface area contributed by atoms with Crippen molar-refractivity contribution in [3.05, 3.63) is 58.8 Å². The van der Waals surface area contributed by atoms with Gasteiger partial charge in [0, 0.05) is 34.2 Å². The highest BCUT2D eigenvalue weighted by molar-refractivity contribution is 8.13. The number of hydrogen-bond acceptors (Lipinski definition) is 5. The molecule has 0 aliphatic carbocycles. The van der Waals surface area contributed by atoms with E-state index in [2.05, 4.69) is 4.98 Å². The first kappa shape index (κ1) is 15.3. The van der Waals surface area contributed by atoms with E-state index in [0.29, 0.717) is 15.8 Å². The van der Waals surface area contributed by atoms with Crippen molar-refractivity contribution in [2.75, 3.05) is 0 Å². The summed E-state index contributed by atoms with van der Waals surface area (Å²) in [5.74, 6) is 0. The van der Waals surface area contributed by atoms with Crippen LogP contribution < -0.4 is 0 Å². The van der Waals surface area contributed by atoms with E-state index in [1.807, 2.05) is 43.3 Å². The molecule has 0 radical (unpaired) electrons. The van der Waals surface area contributed by atoms with Gasteiger partial charge >= 0.3 is 0 Å². The fourth-order valence-corrected chi connectivity index (χ4v) is 3.38. The Bertz CT molecular complexity index is 1030. The predicted molar refractivity (Wildman–Crippen MR) is 94.5 cm³/mol. The van der Waals surface area contributed by atoms with E-state index >= 15 is 0 Å². The van der Waals surface area contributed by atoms with Gasteiger partial charge in [-0.05, 0) is 36.8 Å². The molecule has 0 atom stereocenters. The molecule has 120 valence electrons. The maximum Gasteiger partial charge on any atom is 0.264 e. The molecule has 4 rings (SSSR count). The average Bonchev–Trinajstić information content (AvgIpc) is 3.12. The van der Waals surface area contributed by atoms with Gasteiger partial charge in [0.15, 0.2) is 5.58 Å². The van der Waals surface area contributed by atoms with Crippen molar-refractivity contribution >= 4 is 50.5 Å². The van der Waals surface area contributed by atoms with Crippen molar-refractivity contribution in [2.45, 2.75) is 18.6 Å². The third-order valence-electron chi connectivity index (χ3n) is 3.75. The van der Waals surface area contributed by atoms with Gasteiger partial charge in [-0.25, -0.2) is 4.98 Å². The number of para-hydroxylation sites is 2. The molecule has 6 heteroatoms. The summed E-state index contributed by atoms with van der Waals surface area (Å²) < 4.78 is 11.1. The van der Waals surface area contributed by atoms with E-state index in [1.54, 1.807) is 6.26 Å². The number of fused-ring (bicyclic) bond motifs is 2. The summed E-state index contributed by atoms with van der Waals surface area (Å²) in [6.45, 7) is 1.91. The normalized spacial score (nSPS) is 11.4. The van der Waals surface area contributed by atoms with Gasteiger partial charge in [0.1, 0.15) is 11.1 Å². The molecule has 4 aromatic rings. The molecule has 24 heavy (non-hydrogen) atoms. The molecule has 0 N–H and O–H groups in total. The Hall–Kier alpha value is -2.24. The summed E-state index contributed by atoms with van der Waals surface area (Å²) in [5, 5.41) is 1.80. The Morgan fingerprint density at radius 2 is 2.08 bits per heavy atom. The first-order valence-electron chi connectivity index (χ1n) is 7.32. The Balaban J connectivity index is 1.56. The highest BCUT2D eigenvalue weighted by Crippen LogP contribution is 2.30. The average molecular weight is 358 g/mol. The van der Waals surface area contributed by atoms with Crippen molar-refractivity contribution in [3.63, 3.8) is 0 Å². The second kappa shape index (κ2) is 6.00. The van der Waals surface area contributed by atoms with Crippen molar-refractivity contribution in [2.24, 2.45) is 0 Å². The number of nitrogens with zero attached hydrogens (tertiary/aromatic N) is 1. The topological polar surface area (TPSA) is 56.2 Å². The predicted octanol–water partition coefficient (Wildman–Crippen LogP) is 5.40. The summed E-state index contributed by atoms with van der Waals surface area (Å²) in [7, 11) is 0. The zero-order chi connectivity index (χ0) is 16.7. The van der Waals surface area contributed by atoms with Crippen LogP contribution in [-0.4, -0.2) is 10.1 Å². The summed E-state index contributed by atoms with van der Waals surface area (Å²) in [6.07, 6.45) is 1.82. The van der Waals surface area contributed by atoms with Crippen LogP contribution in [0, 0.1) is 6.92 Å². The first-order valence-corrected chi connectivity index (χ1v) is 8.52. The number of benzene rings is 2. The fourth-order valence-electron chi connectivity index (χ4n) is 2.52. The standard InChI is InChI=1S/C18H12ClNO3S/c1-10-6-16-12(8-13(10)19)11(9-22-16)7-17(21)24-18-20-14-4-2-3-5-15(14)23-18/h2-6,8-9H,7H2,1H3. The van der Waals surface area contributed by atoms with Gasteiger partial charge in [-0.2, -0.15) is 0 Å². The Kier molecular flexibility index (Phi) is 3.82. The molecule has 0 unspecified atom stereocenters. The molecule has 2 aromatic carbocycles. The van der Waals surface area contributed by atoms with Gasteiger partial charge in [-0.1, -0.05) is 23.7 Å². The van der Waals surface area contributed by atoms with Gasteiger partial charge < -0.3 is 8.83 Å². The number of rotatable bonds is 3. The highest BCUT2D eigenvalue weighted by Gasteiger charge is 2.16. The Labute approximate surface area is 146 Å². The molecule has 0 spiro atoms. The molecule has 0 aliphatic rings. The zero-order valence-electron chi connectivity index (χ0n) is 12.7. The summed E-state index contributed by atoms with van der Waals surface area (Å²) in [4.78, 5) is 16.6. The van der Waals surface area contributed by atoms with Gasteiger partial charge in [0.05, 0.1) is 6.26 Å². The number of carbonyl (C=O) groups is 1. The number of hydrogen-bond donors (Lipinski definition) is 0. The van der Waals surface area contributed by atoms with Crippen LogP contribution in [0.1, 0.15) is 11.1 Å². The maximum atomic E-state index is 12.3. The number of halogens is 1. The lowest BCUT2D eigenvalue weighted by molar-refractivity contribution is -0.110. The minimum atomic E-state index is -0.0686. The minimum absolute atomic E-state index is 0.0686. The van der Waals surface area contributed by atoms with E-state index in [-0.39, 0.29) is 11.5 Å². The first-order chi connectivity index (χ1) is 11.6. The molecule has 0 aliphatic heterocycles. The van der Waals surface area contributed by atoms with Crippen LogP contribution in [0.25, 0.3) is 22.1 Å². The number of carbonyl (C=O) groups excluding carboxylic acids is 1. The van der Waals surface area contributed by atoms with Gasteiger partial charge in [-0.15, -0.1) is 0 Å². The second-order valence-corrected chi connectivity index (χ2v) is 6.87. The van der Waals surface area contributed by atoms with Crippen LogP contribution in [0.4, 0.5) is 0 Å². The number of thioether (sulfide) groups is 1. The number of aromatic nitrogens is 1. The number of furan rings is 1. The Morgan fingerprint density at radius 1 is 1.25 bits per heavy atom. The molecule has 2 aromatic heterocycles. The van der Waals surface area contributed by atoms with Crippen molar-refractivity contribution < 1.29 is 13.6 Å². The van der Waals surface area contributed by atoms with Crippen LogP contribution >= 0.6 is 23.4 Å². The minimum Gasteiger partial charge on any atom is -0.464 e. The van der Waals surface area contributed by atoms with E-state index < -0.39 is 0 Å². The van der Waals surface area contributed by atoms with E-state index in [0.717, 1.165) is 39.4 Å². The van der Waals surface area contributed by atoms with Crippen LogP contribution in [-0.2, 0) is 11.2 Å². The molecule has 0 fully saturated rings. The largest absolute Gasteiger partial charge is 0.464 e. The molecule has 4 nitrogen and oxygen atoms in total.